The molecule has 0 unspecified atom stereocenters. The highest BCUT2D eigenvalue weighted by atomic mass is 32.1. The predicted molar refractivity (Wildman–Crippen MR) is 81.2 cm³/mol. The van der Waals surface area contributed by atoms with Gasteiger partial charge in [-0.3, -0.25) is 4.90 Å². The number of rotatable bonds is 2. The van der Waals surface area contributed by atoms with Gasteiger partial charge in [-0.25, -0.2) is 4.39 Å². The van der Waals surface area contributed by atoms with Gasteiger partial charge < -0.3 is 10.6 Å². The lowest BCUT2D eigenvalue weighted by molar-refractivity contribution is 0.138. The number of hydrogen-bond acceptors (Lipinski definition) is 3. The molecule has 3 nitrogen and oxygen atoms in total. The first-order valence-corrected chi connectivity index (χ1v) is 6.77. The topological polar surface area (TPSA) is 32.5 Å². The van der Waals surface area contributed by atoms with Crippen molar-refractivity contribution in [1.29, 1.82) is 0 Å². The smallest absolute Gasteiger partial charge is 0.147 e. The molecule has 1 aliphatic heterocycles. The monoisotopic (exact) mass is 281 g/mol. The van der Waals surface area contributed by atoms with Crippen molar-refractivity contribution in [3.05, 3.63) is 29.6 Å². The standard InChI is InChI=1S/C14H20FN3S/c1-14(2)9-18(7-6-17(14)3)12-5-4-10(13(16)19)8-11(12)15/h4-5,8H,6-7,9H2,1-3H3,(H2,16,19). The van der Waals surface area contributed by atoms with E-state index < -0.39 is 0 Å². The van der Waals surface area contributed by atoms with E-state index in [1.165, 1.54) is 6.07 Å². The van der Waals surface area contributed by atoms with Gasteiger partial charge in [0.25, 0.3) is 0 Å². The Labute approximate surface area is 119 Å². The number of benzene rings is 1. The molecule has 0 radical (unpaired) electrons. The van der Waals surface area contributed by atoms with E-state index in [2.05, 4.69) is 30.7 Å². The van der Waals surface area contributed by atoms with Gasteiger partial charge in [0.15, 0.2) is 0 Å². The second kappa shape index (κ2) is 5.06. The van der Waals surface area contributed by atoms with Crippen molar-refractivity contribution in [1.82, 2.24) is 4.90 Å². The second-order valence-corrected chi connectivity index (χ2v) is 6.13. The van der Waals surface area contributed by atoms with E-state index in [0.717, 1.165) is 19.6 Å². The summed E-state index contributed by atoms with van der Waals surface area (Å²) < 4.78 is 14.2. The van der Waals surface area contributed by atoms with E-state index >= 15 is 0 Å². The molecule has 0 aliphatic carbocycles. The number of thiocarbonyl (C=S) groups is 1. The molecule has 1 aromatic rings. The molecular formula is C14H20FN3S. The normalized spacial score (nSPS) is 19.5. The van der Waals surface area contributed by atoms with Gasteiger partial charge in [-0.2, -0.15) is 0 Å². The van der Waals surface area contributed by atoms with Crippen LogP contribution in [0.5, 0.6) is 0 Å². The Morgan fingerprint density at radius 3 is 2.58 bits per heavy atom. The van der Waals surface area contributed by atoms with Gasteiger partial charge in [-0.15, -0.1) is 0 Å². The Balaban J connectivity index is 2.26. The van der Waals surface area contributed by atoms with Gasteiger partial charge >= 0.3 is 0 Å². The molecular weight excluding hydrogens is 261 g/mol. The van der Waals surface area contributed by atoms with Crippen molar-refractivity contribution < 1.29 is 4.39 Å². The van der Waals surface area contributed by atoms with Crippen molar-refractivity contribution in [2.24, 2.45) is 5.73 Å². The number of likely N-dealkylation sites (N-methyl/N-ethyl adjacent to an activating group) is 1. The van der Waals surface area contributed by atoms with Crippen LogP contribution in [0.1, 0.15) is 19.4 Å². The maximum absolute atomic E-state index is 14.2. The summed E-state index contributed by atoms with van der Waals surface area (Å²) in [6.07, 6.45) is 0. The van der Waals surface area contributed by atoms with E-state index in [-0.39, 0.29) is 16.3 Å². The largest absolute Gasteiger partial charge is 0.389 e. The molecule has 1 fully saturated rings. The highest BCUT2D eigenvalue weighted by Crippen LogP contribution is 2.27. The summed E-state index contributed by atoms with van der Waals surface area (Å²) in [4.78, 5) is 4.60. The molecule has 0 amide bonds. The first-order valence-electron chi connectivity index (χ1n) is 6.37. The van der Waals surface area contributed by atoms with Crippen molar-refractivity contribution in [3.8, 4) is 0 Å². The first kappa shape index (κ1) is 14.2. The minimum Gasteiger partial charge on any atom is -0.389 e. The zero-order valence-corrected chi connectivity index (χ0v) is 12.4. The summed E-state index contributed by atoms with van der Waals surface area (Å²) in [6.45, 7) is 6.88. The van der Waals surface area contributed by atoms with Gasteiger partial charge in [0.2, 0.25) is 0 Å². The van der Waals surface area contributed by atoms with Gasteiger partial charge in [-0.05, 0) is 39.1 Å². The summed E-state index contributed by atoms with van der Waals surface area (Å²) in [7, 11) is 2.10. The van der Waals surface area contributed by atoms with Crippen LogP contribution in [-0.4, -0.2) is 42.1 Å². The lowest BCUT2D eigenvalue weighted by Gasteiger charge is -2.46. The quantitative estimate of drug-likeness (QED) is 0.840. The van der Waals surface area contributed by atoms with Crippen LogP contribution >= 0.6 is 12.2 Å². The maximum Gasteiger partial charge on any atom is 0.147 e. The molecule has 0 atom stereocenters. The first-order chi connectivity index (χ1) is 8.81. The fraction of sp³-hybridized carbons (Fsp3) is 0.500. The summed E-state index contributed by atoms with van der Waals surface area (Å²) in [5, 5.41) is 0. The fourth-order valence-corrected chi connectivity index (χ4v) is 2.49. The lowest BCUT2D eigenvalue weighted by atomic mass is 9.99. The van der Waals surface area contributed by atoms with Gasteiger partial charge in [0.05, 0.1) is 5.69 Å². The number of nitrogens with zero attached hydrogens (tertiary/aromatic N) is 2. The molecule has 0 aromatic heterocycles. The fourth-order valence-electron chi connectivity index (χ4n) is 2.36. The zero-order chi connectivity index (χ0) is 14.2. The average molecular weight is 281 g/mol. The molecule has 5 heteroatoms. The summed E-state index contributed by atoms with van der Waals surface area (Å²) in [6, 6.07) is 4.97. The Bertz CT molecular complexity index is 501. The zero-order valence-electron chi connectivity index (χ0n) is 11.6. The summed E-state index contributed by atoms with van der Waals surface area (Å²) >= 11 is 4.86. The SMILES string of the molecule is CN1CCN(c2ccc(C(N)=S)cc2F)CC1(C)C. The maximum atomic E-state index is 14.2. The second-order valence-electron chi connectivity index (χ2n) is 5.69. The molecule has 19 heavy (non-hydrogen) atoms. The van der Waals surface area contributed by atoms with E-state index in [0.29, 0.717) is 11.3 Å². The third-order valence-corrected chi connectivity index (χ3v) is 4.13. The minimum atomic E-state index is -0.259. The number of nitrogens with two attached hydrogens (primary N) is 1. The lowest BCUT2D eigenvalue weighted by Crippen LogP contribution is -2.57. The Morgan fingerprint density at radius 2 is 2.05 bits per heavy atom. The number of halogens is 1. The van der Waals surface area contributed by atoms with E-state index in [1.807, 2.05) is 0 Å². The van der Waals surface area contributed by atoms with Gasteiger partial charge in [-0.1, -0.05) is 12.2 Å². The van der Waals surface area contributed by atoms with Crippen LogP contribution in [0.4, 0.5) is 10.1 Å². The van der Waals surface area contributed by atoms with E-state index in [1.54, 1.807) is 12.1 Å². The van der Waals surface area contributed by atoms with Crippen LogP contribution < -0.4 is 10.6 Å². The molecule has 0 saturated carbocycles. The summed E-state index contributed by atoms with van der Waals surface area (Å²) in [5.74, 6) is -0.259. The van der Waals surface area contributed by atoms with Crippen molar-refractivity contribution in [3.63, 3.8) is 0 Å². The van der Waals surface area contributed by atoms with Crippen LogP contribution in [0.2, 0.25) is 0 Å². The Morgan fingerprint density at radius 1 is 1.37 bits per heavy atom. The number of anilines is 1. The van der Waals surface area contributed by atoms with Gasteiger partial charge in [0.1, 0.15) is 10.8 Å². The van der Waals surface area contributed by atoms with Crippen molar-refractivity contribution in [2.75, 3.05) is 31.6 Å². The average Bonchev–Trinajstić information content (AvgIpc) is 2.32. The molecule has 104 valence electrons. The Hall–Kier alpha value is -1.20. The number of hydrogen-bond donors (Lipinski definition) is 1. The van der Waals surface area contributed by atoms with E-state index in [4.69, 9.17) is 18.0 Å². The van der Waals surface area contributed by atoms with Crippen LogP contribution in [-0.2, 0) is 0 Å². The third-order valence-electron chi connectivity index (χ3n) is 3.89. The van der Waals surface area contributed by atoms with Crippen LogP contribution in [0.3, 0.4) is 0 Å². The molecule has 0 spiro atoms. The van der Waals surface area contributed by atoms with Crippen molar-refractivity contribution in [2.45, 2.75) is 19.4 Å². The molecule has 1 aromatic carbocycles. The van der Waals surface area contributed by atoms with Crippen molar-refractivity contribution >= 4 is 22.9 Å². The van der Waals surface area contributed by atoms with Gasteiger partial charge in [0, 0.05) is 30.7 Å². The molecule has 2 N–H and O–H groups in total. The molecule has 2 rings (SSSR count). The highest BCUT2D eigenvalue weighted by molar-refractivity contribution is 7.80. The van der Waals surface area contributed by atoms with Crippen LogP contribution in [0, 0.1) is 5.82 Å². The molecule has 1 heterocycles. The summed E-state index contributed by atoms with van der Waals surface area (Å²) in [5.41, 5.74) is 6.75. The van der Waals surface area contributed by atoms with Crippen LogP contribution in [0.25, 0.3) is 0 Å². The Kier molecular flexibility index (Phi) is 3.78. The van der Waals surface area contributed by atoms with E-state index in [9.17, 15) is 4.39 Å². The van der Waals surface area contributed by atoms with Crippen LogP contribution in [0.15, 0.2) is 18.2 Å². The number of piperazine rings is 1. The predicted octanol–water partition coefficient (Wildman–Crippen LogP) is 1.99. The third kappa shape index (κ3) is 2.87. The molecule has 1 aliphatic rings. The molecule has 0 bridgehead atoms. The highest BCUT2D eigenvalue weighted by Gasteiger charge is 2.31. The minimum absolute atomic E-state index is 0.0343. The molecule has 1 saturated heterocycles.